The number of hydrogen-bond acceptors (Lipinski definition) is 4. The maximum atomic E-state index is 8.83. The van der Waals surface area contributed by atoms with E-state index in [-0.39, 0.29) is 0 Å². The van der Waals surface area contributed by atoms with Gasteiger partial charge in [0.25, 0.3) is 5.89 Å². The van der Waals surface area contributed by atoms with Gasteiger partial charge in [-0.15, -0.1) is 0 Å². The van der Waals surface area contributed by atoms with Crippen molar-refractivity contribution < 1.29 is 8.83 Å². The van der Waals surface area contributed by atoms with Crippen LogP contribution in [0.1, 0.15) is 5.56 Å². The van der Waals surface area contributed by atoms with Gasteiger partial charge in [-0.05, 0) is 48.5 Å². The number of benzene rings is 2. The first-order chi connectivity index (χ1) is 10.8. The molecule has 4 nitrogen and oxygen atoms in total. The lowest BCUT2D eigenvalue weighted by Gasteiger charge is -1.96. The van der Waals surface area contributed by atoms with E-state index >= 15 is 0 Å². The number of nitriles is 1. The zero-order valence-electron chi connectivity index (χ0n) is 11.5. The quantitative estimate of drug-likeness (QED) is 0.539. The van der Waals surface area contributed by atoms with E-state index in [1.807, 2.05) is 48.5 Å². The number of furan rings is 1. The number of oxazole rings is 1. The van der Waals surface area contributed by atoms with E-state index in [0.29, 0.717) is 23.0 Å². The lowest BCUT2D eigenvalue weighted by atomic mass is 10.1. The van der Waals surface area contributed by atoms with Crippen molar-refractivity contribution >= 4 is 11.1 Å². The van der Waals surface area contributed by atoms with Gasteiger partial charge in [0.05, 0.1) is 11.6 Å². The normalized spacial score (nSPS) is 10.7. The Morgan fingerprint density at radius 2 is 1.59 bits per heavy atom. The summed E-state index contributed by atoms with van der Waals surface area (Å²) in [5, 5.41) is 8.83. The van der Waals surface area contributed by atoms with Gasteiger partial charge >= 0.3 is 0 Å². The summed E-state index contributed by atoms with van der Waals surface area (Å²) < 4.78 is 11.5. The van der Waals surface area contributed by atoms with Crippen LogP contribution in [0.4, 0.5) is 0 Å². The predicted octanol–water partition coefficient (Wildman–Crippen LogP) is 4.63. The number of hydrogen-bond donors (Lipinski definition) is 0. The molecular formula is C18H10N2O2. The van der Waals surface area contributed by atoms with Crippen molar-refractivity contribution in [3.8, 4) is 29.0 Å². The van der Waals surface area contributed by atoms with Crippen molar-refractivity contribution in [2.24, 2.45) is 0 Å². The van der Waals surface area contributed by atoms with Gasteiger partial charge in [0, 0.05) is 5.56 Å². The molecule has 4 rings (SSSR count). The molecule has 4 aromatic rings. The van der Waals surface area contributed by atoms with Crippen LogP contribution in [0.3, 0.4) is 0 Å². The summed E-state index contributed by atoms with van der Waals surface area (Å²) in [6.07, 6.45) is 0. The van der Waals surface area contributed by atoms with Crippen molar-refractivity contribution in [3.05, 3.63) is 66.2 Å². The molecule has 0 spiro atoms. The Balaban J connectivity index is 1.72. The second kappa shape index (κ2) is 4.90. The number of para-hydroxylation sites is 2. The summed E-state index contributed by atoms with van der Waals surface area (Å²) in [5.74, 6) is 1.75. The second-order valence-electron chi connectivity index (χ2n) is 4.84. The smallest absolute Gasteiger partial charge is 0.263 e. The topological polar surface area (TPSA) is 63.0 Å². The monoisotopic (exact) mass is 286 g/mol. The minimum Gasteiger partial charge on any atom is -0.451 e. The Hall–Kier alpha value is -3.32. The average molecular weight is 286 g/mol. The highest BCUT2D eigenvalue weighted by molar-refractivity contribution is 5.75. The number of fused-ring (bicyclic) bond motifs is 1. The molecule has 0 N–H and O–H groups in total. The average Bonchev–Trinajstić information content (AvgIpc) is 3.21. The molecule has 0 fully saturated rings. The largest absolute Gasteiger partial charge is 0.451 e. The van der Waals surface area contributed by atoms with Crippen molar-refractivity contribution in [1.29, 1.82) is 5.26 Å². The molecule has 0 saturated carbocycles. The van der Waals surface area contributed by atoms with E-state index in [9.17, 15) is 0 Å². The van der Waals surface area contributed by atoms with Crippen LogP contribution in [-0.4, -0.2) is 4.98 Å². The van der Waals surface area contributed by atoms with Crippen LogP contribution in [0.5, 0.6) is 0 Å². The zero-order valence-corrected chi connectivity index (χ0v) is 11.5. The van der Waals surface area contributed by atoms with E-state index in [0.717, 1.165) is 16.7 Å². The fourth-order valence-corrected chi connectivity index (χ4v) is 2.29. The van der Waals surface area contributed by atoms with Gasteiger partial charge in [-0.25, -0.2) is 4.98 Å². The maximum Gasteiger partial charge on any atom is 0.263 e. The summed E-state index contributed by atoms with van der Waals surface area (Å²) in [4.78, 5) is 4.41. The van der Waals surface area contributed by atoms with Crippen molar-refractivity contribution in [2.75, 3.05) is 0 Å². The Bertz CT molecular complexity index is 955. The first-order valence-electron chi connectivity index (χ1n) is 6.80. The molecule has 104 valence electrons. The molecule has 4 heteroatoms. The summed E-state index contributed by atoms with van der Waals surface area (Å²) >= 11 is 0. The SMILES string of the molecule is N#Cc1ccc(-c2ccc(-c3nc4ccccc4o3)o2)cc1. The fourth-order valence-electron chi connectivity index (χ4n) is 2.29. The third kappa shape index (κ3) is 2.05. The standard InChI is InChI=1S/C18H10N2O2/c19-11-12-5-7-13(8-6-12)15-9-10-17(21-15)18-20-14-3-1-2-4-16(14)22-18/h1-10H. The molecule has 0 aliphatic rings. The molecule has 0 atom stereocenters. The van der Waals surface area contributed by atoms with E-state index in [1.54, 1.807) is 12.1 Å². The lowest BCUT2D eigenvalue weighted by molar-refractivity contribution is 0.543. The number of rotatable bonds is 2. The Kier molecular flexibility index (Phi) is 2.77. The molecule has 2 aromatic carbocycles. The van der Waals surface area contributed by atoms with Crippen molar-refractivity contribution in [2.45, 2.75) is 0 Å². The third-order valence-corrected chi connectivity index (χ3v) is 3.41. The summed E-state index contributed by atoms with van der Waals surface area (Å²) in [6, 6.07) is 20.6. The molecule has 22 heavy (non-hydrogen) atoms. The zero-order chi connectivity index (χ0) is 14.9. The Morgan fingerprint density at radius 3 is 2.36 bits per heavy atom. The van der Waals surface area contributed by atoms with Crippen LogP contribution in [0, 0.1) is 11.3 Å². The highest BCUT2D eigenvalue weighted by Crippen LogP contribution is 2.30. The number of nitrogens with zero attached hydrogens (tertiary/aromatic N) is 2. The molecule has 2 heterocycles. The van der Waals surface area contributed by atoms with Gasteiger partial charge in [-0.1, -0.05) is 12.1 Å². The summed E-state index contributed by atoms with van der Waals surface area (Å²) in [7, 11) is 0. The summed E-state index contributed by atoms with van der Waals surface area (Å²) in [5.41, 5.74) is 3.05. The molecule has 2 aromatic heterocycles. The van der Waals surface area contributed by atoms with Crippen LogP contribution < -0.4 is 0 Å². The predicted molar refractivity (Wildman–Crippen MR) is 81.9 cm³/mol. The van der Waals surface area contributed by atoms with Gasteiger partial charge in [0.15, 0.2) is 11.3 Å². The Morgan fingerprint density at radius 1 is 0.818 bits per heavy atom. The van der Waals surface area contributed by atoms with E-state index in [4.69, 9.17) is 14.1 Å². The molecule has 0 aliphatic heterocycles. The van der Waals surface area contributed by atoms with Crippen LogP contribution in [0.2, 0.25) is 0 Å². The minimum absolute atomic E-state index is 0.459. The lowest BCUT2D eigenvalue weighted by Crippen LogP contribution is -1.76. The van der Waals surface area contributed by atoms with Crippen LogP contribution in [0.15, 0.2) is 69.5 Å². The first-order valence-corrected chi connectivity index (χ1v) is 6.80. The molecule has 0 unspecified atom stereocenters. The Labute approximate surface area is 126 Å². The van der Waals surface area contributed by atoms with Crippen LogP contribution in [-0.2, 0) is 0 Å². The minimum atomic E-state index is 0.459. The van der Waals surface area contributed by atoms with Crippen LogP contribution >= 0.6 is 0 Å². The van der Waals surface area contributed by atoms with Gasteiger partial charge in [0.2, 0.25) is 0 Å². The van der Waals surface area contributed by atoms with E-state index < -0.39 is 0 Å². The highest BCUT2D eigenvalue weighted by atomic mass is 16.4. The van der Waals surface area contributed by atoms with E-state index in [2.05, 4.69) is 11.1 Å². The third-order valence-electron chi connectivity index (χ3n) is 3.41. The van der Waals surface area contributed by atoms with Gasteiger partial charge in [-0.2, -0.15) is 5.26 Å². The molecule has 0 bridgehead atoms. The van der Waals surface area contributed by atoms with E-state index in [1.165, 1.54) is 0 Å². The van der Waals surface area contributed by atoms with Gasteiger partial charge in [-0.3, -0.25) is 0 Å². The molecule has 0 radical (unpaired) electrons. The van der Waals surface area contributed by atoms with Gasteiger partial charge in [0.1, 0.15) is 11.3 Å². The molecule has 0 saturated heterocycles. The van der Waals surface area contributed by atoms with Crippen LogP contribution in [0.25, 0.3) is 34.1 Å². The molecule has 0 aliphatic carbocycles. The number of aromatic nitrogens is 1. The highest BCUT2D eigenvalue weighted by Gasteiger charge is 2.13. The fraction of sp³-hybridized carbons (Fsp3) is 0. The molecule has 0 amide bonds. The molecular weight excluding hydrogens is 276 g/mol. The summed E-state index contributed by atoms with van der Waals surface area (Å²) in [6.45, 7) is 0. The van der Waals surface area contributed by atoms with Gasteiger partial charge < -0.3 is 8.83 Å². The maximum absolute atomic E-state index is 8.83. The second-order valence-corrected chi connectivity index (χ2v) is 4.84. The van der Waals surface area contributed by atoms with Crippen molar-refractivity contribution in [3.63, 3.8) is 0 Å². The van der Waals surface area contributed by atoms with Crippen molar-refractivity contribution in [1.82, 2.24) is 4.98 Å². The first kappa shape index (κ1) is 12.4.